The molecule has 82 valence electrons. The van der Waals surface area contributed by atoms with Gasteiger partial charge in [0, 0.05) is 25.0 Å². The van der Waals surface area contributed by atoms with Crippen molar-refractivity contribution in [1.29, 1.82) is 0 Å². The molecule has 1 heterocycles. The lowest BCUT2D eigenvalue weighted by atomic mass is 10.2. The van der Waals surface area contributed by atoms with Gasteiger partial charge in [-0.2, -0.15) is 13.2 Å². The number of hydrogen-bond donors (Lipinski definition) is 1. The predicted molar refractivity (Wildman–Crippen MR) is 44.4 cm³/mol. The van der Waals surface area contributed by atoms with E-state index in [1.165, 1.54) is 11.8 Å². The Kier molecular flexibility index (Phi) is 3.04. The number of hydrogen-bond acceptors (Lipinski definition) is 2. The van der Waals surface area contributed by atoms with Gasteiger partial charge in [-0.1, -0.05) is 0 Å². The van der Waals surface area contributed by atoms with Crippen LogP contribution in [0.15, 0.2) is 0 Å². The molecule has 14 heavy (non-hydrogen) atoms. The van der Waals surface area contributed by atoms with E-state index < -0.39 is 18.6 Å². The van der Waals surface area contributed by atoms with Gasteiger partial charge < -0.3 is 10.6 Å². The zero-order valence-electron chi connectivity index (χ0n) is 7.84. The number of nitrogens with zero attached hydrogens (tertiary/aromatic N) is 1. The number of rotatable bonds is 2. The highest BCUT2D eigenvalue weighted by atomic mass is 19.4. The van der Waals surface area contributed by atoms with Crippen LogP contribution in [0.25, 0.3) is 0 Å². The molecule has 0 radical (unpaired) electrons. The van der Waals surface area contributed by atoms with Gasteiger partial charge in [-0.15, -0.1) is 0 Å². The smallest absolute Gasteiger partial charge is 0.338 e. The van der Waals surface area contributed by atoms with Gasteiger partial charge in [0.05, 0.1) is 6.42 Å². The second kappa shape index (κ2) is 3.76. The van der Waals surface area contributed by atoms with Crippen LogP contribution in [-0.4, -0.2) is 35.6 Å². The fourth-order valence-electron chi connectivity index (χ4n) is 1.63. The van der Waals surface area contributed by atoms with E-state index >= 15 is 0 Å². The highest BCUT2D eigenvalue weighted by Crippen LogP contribution is 2.25. The summed E-state index contributed by atoms with van der Waals surface area (Å²) in [4.78, 5) is 12.4. The van der Waals surface area contributed by atoms with E-state index in [0.717, 1.165) is 0 Å². The summed E-state index contributed by atoms with van der Waals surface area (Å²) in [6.07, 6.45) is -5.04. The Morgan fingerprint density at radius 2 is 2.21 bits per heavy atom. The molecule has 0 aromatic rings. The topological polar surface area (TPSA) is 46.3 Å². The summed E-state index contributed by atoms with van der Waals surface area (Å²) in [5.74, 6) is -0.283. The molecule has 0 saturated carbocycles. The zero-order chi connectivity index (χ0) is 10.9. The highest BCUT2D eigenvalue weighted by molar-refractivity contribution is 5.79. The Hall–Kier alpha value is -0.780. The Labute approximate surface area is 80.0 Å². The molecule has 1 aliphatic heterocycles. The Balaban J connectivity index is 2.53. The molecule has 3 nitrogen and oxygen atoms in total. The van der Waals surface area contributed by atoms with Gasteiger partial charge in [0.15, 0.2) is 0 Å². The van der Waals surface area contributed by atoms with E-state index in [4.69, 9.17) is 5.73 Å². The number of alkyl halides is 3. The van der Waals surface area contributed by atoms with Crippen molar-refractivity contribution in [1.82, 2.24) is 4.90 Å². The third-order valence-electron chi connectivity index (χ3n) is 2.25. The first-order valence-electron chi connectivity index (χ1n) is 4.41. The molecule has 0 aliphatic carbocycles. The van der Waals surface area contributed by atoms with Crippen molar-refractivity contribution >= 4 is 5.91 Å². The van der Waals surface area contributed by atoms with Crippen LogP contribution in [-0.2, 0) is 4.79 Å². The van der Waals surface area contributed by atoms with Crippen LogP contribution in [0.3, 0.4) is 0 Å². The number of likely N-dealkylation sites (tertiary alicyclic amines) is 1. The summed E-state index contributed by atoms with van der Waals surface area (Å²) >= 11 is 0. The molecule has 2 N–H and O–H groups in total. The number of halogens is 3. The molecule has 6 heteroatoms. The molecule has 2 unspecified atom stereocenters. The van der Waals surface area contributed by atoms with Gasteiger partial charge in [0.25, 0.3) is 0 Å². The van der Waals surface area contributed by atoms with Crippen molar-refractivity contribution in [3.05, 3.63) is 0 Å². The van der Waals surface area contributed by atoms with Gasteiger partial charge in [-0.3, -0.25) is 4.79 Å². The molecular weight excluding hydrogens is 197 g/mol. The van der Waals surface area contributed by atoms with Crippen molar-refractivity contribution in [3.8, 4) is 0 Å². The molecule has 0 aromatic carbocycles. The van der Waals surface area contributed by atoms with Crippen LogP contribution in [0.1, 0.15) is 19.8 Å². The van der Waals surface area contributed by atoms with Gasteiger partial charge >= 0.3 is 6.18 Å². The lowest BCUT2D eigenvalue weighted by Crippen LogP contribution is -2.38. The van der Waals surface area contributed by atoms with Crippen LogP contribution >= 0.6 is 0 Å². The van der Waals surface area contributed by atoms with Crippen LogP contribution in [0, 0.1) is 0 Å². The fourth-order valence-corrected chi connectivity index (χ4v) is 1.63. The summed E-state index contributed by atoms with van der Waals surface area (Å²) in [6.45, 7) is 1.62. The summed E-state index contributed by atoms with van der Waals surface area (Å²) in [5, 5.41) is 0. The maximum absolute atomic E-state index is 12.0. The Morgan fingerprint density at radius 3 is 2.57 bits per heavy atom. The van der Waals surface area contributed by atoms with E-state index in [-0.39, 0.29) is 24.9 Å². The van der Waals surface area contributed by atoms with Crippen molar-refractivity contribution in [3.63, 3.8) is 0 Å². The first kappa shape index (κ1) is 11.3. The SMILES string of the molecule is CC(CC(F)(F)F)N1CC(N)CC1=O. The first-order chi connectivity index (χ1) is 6.29. The molecule has 0 spiro atoms. The summed E-state index contributed by atoms with van der Waals surface area (Å²) in [6, 6.07) is -1.13. The molecule has 2 atom stereocenters. The third-order valence-corrected chi connectivity index (χ3v) is 2.25. The van der Waals surface area contributed by atoms with E-state index in [9.17, 15) is 18.0 Å². The second-order valence-corrected chi connectivity index (χ2v) is 3.68. The largest absolute Gasteiger partial charge is 0.391 e. The fraction of sp³-hybridized carbons (Fsp3) is 0.875. The van der Waals surface area contributed by atoms with E-state index in [0.29, 0.717) is 0 Å². The summed E-state index contributed by atoms with van der Waals surface area (Å²) < 4.78 is 36.0. The van der Waals surface area contributed by atoms with E-state index in [1.807, 2.05) is 0 Å². The minimum Gasteiger partial charge on any atom is -0.338 e. The van der Waals surface area contributed by atoms with Gasteiger partial charge in [0.1, 0.15) is 0 Å². The summed E-state index contributed by atoms with van der Waals surface area (Å²) in [5.41, 5.74) is 5.47. The quantitative estimate of drug-likeness (QED) is 0.735. The predicted octanol–water partition coefficient (Wildman–Crippen LogP) is 0.887. The van der Waals surface area contributed by atoms with Crippen molar-refractivity contribution in [2.45, 2.75) is 38.0 Å². The Morgan fingerprint density at radius 1 is 1.64 bits per heavy atom. The minimum atomic E-state index is -4.23. The lowest BCUT2D eigenvalue weighted by Gasteiger charge is -2.25. The van der Waals surface area contributed by atoms with Gasteiger partial charge in [-0.05, 0) is 6.92 Å². The molecule has 1 aliphatic rings. The Bertz CT molecular complexity index is 229. The third kappa shape index (κ3) is 2.87. The maximum atomic E-state index is 12.0. The molecule has 1 fully saturated rings. The number of carbonyl (C=O) groups is 1. The van der Waals surface area contributed by atoms with Gasteiger partial charge in [0.2, 0.25) is 5.91 Å². The normalized spacial score (nSPS) is 25.6. The van der Waals surface area contributed by atoms with Crippen LogP contribution in [0.2, 0.25) is 0 Å². The summed E-state index contributed by atoms with van der Waals surface area (Å²) in [7, 11) is 0. The van der Waals surface area contributed by atoms with Crippen LogP contribution in [0.4, 0.5) is 13.2 Å². The minimum absolute atomic E-state index is 0.155. The second-order valence-electron chi connectivity index (χ2n) is 3.68. The molecule has 1 rings (SSSR count). The average Bonchev–Trinajstić information content (AvgIpc) is 2.26. The molecule has 1 amide bonds. The molecular formula is C8H13F3N2O. The monoisotopic (exact) mass is 210 g/mol. The van der Waals surface area contributed by atoms with Crippen molar-refractivity contribution < 1.29 is 18.0 Å². The lowest BCUT2D eigenvalue weighted by molar-refractivity contribution is -0.150. The number of amides is 1. The first-order valence-corrected chi connectivity index (χ1v) is 4.41. The molecule has 1 saturated heterocycles. The van der Waals surface area contributed by atoms with Crippen molar-refractivity contribution in [2.75, 3.05) is 6.54 Å². The van der Waals surface area contributed by atoms with Gasteiger partial charge in [-0.25, -0.2) is 0 Å². The average molecular weight is 210 g/mol. The molecule has 0 aromatic heterocycles. The standard InChI is InChI=1S/C8H13F3N2O/c1-5(3-8(9,10)11)13-4-6(12)2-7(13)14/h5-6H,2-4,12H2,1H3. The van der Waals surface area contributed by atoms with Crippen LogP contribution in [0.5, 0.6) is 0 Å². The number of carbonyl (C=O) groups excluding carboxylic acids is 1. The van der Waals surface area contributed by atoms with E-state index in [2.05, 4.69) is 0 Å². The number of nitrogens with two attached hydrogens (primary N) is 1. The van der Waals surface area contributed by atoms with E-state index in [1.54, 1.807) is 0 Å². The van der Waals surface area contributed by atoms with Crippen molar-refractivity contribution in [2.24, 2.45) is 5.73 Å². The van der Waals surface area contributed by atoms with Crippen LogP contribution < -0.4 is 5.73 Å². The zero-order valence-corrected chi connectivity index (χ0v) is 7.84. The molecule has 0 bridgehead atoms. The maximum Gasteiger partial charge on any atom is 0.391 e. The highest BCUT2D eigenvalue weighted by Gasteiger charge is 2.37.